The van der Waals surface area contributed by atoms with Crippen LogP contribution >= 0.6 is 11.6 Å². The number of aryl methyl sites for hydroxylation is 1. The van der Waals surface area contributed by atoms with Crippen molar-refractivity contribution in [2.75, 3.05) is 0 Å². The Bertz CT molecular complexity index is 1130. The molecule has 1 unspecified atom stereocenters. The lowest BCUT2D eigenvalue weighted by atomic mass is 9.99. The number of benzene rings is 3. The molecule has 1 aliphatic heterocycles. The third-order valence-corrected chi connectivity index (χ3v) is 5.17. The van der Waals surface area contributed by atoms with Crippen molar-refractivity contribution in [3.05, 3.63) is 87.9 Å². The zero-order valence-corrected chi connectivity index (χ0v) is 16.4. The molecule has 0 spiro atoms. The average Bonchev–Trinajstić information content (AvgIpc) is 3.03. The van der Waals surface area contributed by atoms with Crippen LogP contribution in [0.5, 0.6) is 5.75 Å². The summed E-state index contributed by atoms with van der Waals surface area (Å²) in [6.45, 7) is 2.34. The van der Waals surface area contributed by atoms with Crippen LogP contribution in [-0.2, 0) is 11.4 Å². The second kappa shape index (κ2) is 7.60. The largest absolute Gasteiger partial charge is 0.489 e. The van der Waals surface area contributed by atoms with E-state index in [0.717, 1.165) is 22.3 Å². The van der Waals surface area contributed by atoms with Crippen LogP contribution in [0.3, 0.4) is 0 Å². The number of fused-ring (bicyclic) bond motifs is 1. The molecule has 3 aromatic rings. The highest BCUT2D eigenvalue weighted by atomic mass is 35.5. The Morgan fingerprint density at radius 3 is 2.69 bits per heavy atom. The molecule has 0 saturated carbocycles. The van der Waals surface area contributed by atoms with Gasteiger partial charge in [-0.05, 0) is 65.1 Å². The van der Waals surface area contributed by atoms with E-state index >= 15 is 0 Å². The van der Waals surface area contributed by atoms with Gasteiger partial charge in [0.2, 0.25) is 0 Å². The van der Waals surface area contributed by atoms with Gasteiger partial charge in [-0.25, -0.2) is 4.79 Å². The van der Waals surface area contributed by atoms with Crippen LogP contribution in [0.4, 0.5) is 0 Å². The van der Waals surface area contributed by atoms with Crippen molar-refractivity contribution in [3.63, 3.8) is 0 Å². The second-order valence-electron chi connectivity index (χ2n) is 6.94. The van der Waals surface area contributed by atoms with Crippen LogP contribution in [0.2, 0.25) is 5.02 Å². The molecule has 0 saturated heterocycles. The molecule has 0 aromatic heterocycles. The lowest BCUT2D eigenvalue weighted by molar-refractivity contribution is -0.139. The Hall–Kier alpha value is -3.31. The molecule has 29 heavy (non-hydrogen) atoms. The Balaban J connectivity index is 1.52. The predicted octanol–water partition coefficient (Wildman–Crippen LogP) is 4.76. The number of hydrogen-bond acceptors (Lipinski definition) is 3. The van der Waals surface area contributed by atoms with Crippen LogP contribution in [0.25, 0.3) is 11.1 Å². The summed E-state index contributed by atoms with van der Waals surface area (Å²) in [5.74, 6) is -0.976. The van der Waals surface area contributed by atoms with E-state index in [1.165, 1.54) is 0 Å². The van der Waals surface area contributed by atoms with Gasteiger partial charge < -0.3 is 15.2 Å². The number of ether oxygens (including phenoxy) is 1. The highest BCUT2D eigenvalue weighted by Crippen LogP contribution is 2.30. The molecule has 1 amide bonds. The van der Waals surface area contributed by atoms with E-state index < -0.39 is 17.9 Å². The van der Waals surface area contributed by atoms with Crippen molar-refractivity contribution in [3.8, 4) is 16.9 Å². The molecule has 2 N–H and O–H groups in total. The number of aliphatic carboxylic acids is 1. The smallest absolute Gasteiger partial charge is 0.330 e. The standard InChI is InChI=1S/C23H18ClNO4/c1-13-9-16(24)5-7-18(13)15-4-2-3-14(10-15)12-29-17-6-8-19-20(11-17)22(26)25-21(19)23(27)28/h2-11,21H,12H2,1H3,(H,25,26)(H,27,28). The molecule has 0 fully saturated rings. The molecule has 1 aliphatic rings. The van der Waals surface area contributed by atoms with Crippen LogP contribution in [0, 0.1) is 6.92 Å². The lowest BCUT2D eigenvalue weighted by Crippen LogP contribution is -2.25. The Kier molecular flexibility index (Phi) is 4.99. The molecular formula is C23H18ClNO4. The number of amides is 1. The fraction of sp³-hybridized carbons (Fsp3) is 0.130. The summed E-state index contributed by atoms with van der Waals surface area (Å²) in [5, 5.41) is 12.4. The number of carboxylic acids is 1. The number of carboxylic acid groups (broad SMARTS) is 1. The fourth-order valence-corrected chi connectivity index (χ4v) is 3.73. The molecule has 6 heteroatoms. The molecule has 146 valence electrons. The molecule has 0 bridgehead atoms. The number of halogens is 1. The molecular weight excluding hydrogens is 390 g/mol. The summed E-state index contributed by atoms with van der Waals surface area (Å²) in [6.07, 6.45) is 0. The minimum Gasteiger partial charge on any atom is -0.489 e. The van der Waals surface area contributed by atoms with E-state index in [1.807, 2.05) is 43.3 Å². The van der Waals surface area contributed by atoms with E-state index in [9.17, 15) is 14.7 Å². The fourth-order valence-electron chi connectivity index (χ4n) is 3.50. The topological polar surface area (TPSA) is 75.6 Å². The van der Waals surface area contributed by atoms with Crippen LogP contribution in [0.15, 0.2) is 60.7 Å². The first-order valence-electron chi connectivity index (χ1n) is 9.08. The van der Waals surface area contributed by atoms with Gasteiger partial charge in [-0.3, -0.25) is 4.79 Å². The van der Waals surface area contributed by atoms with E-state index in [2.05, 4.69) is 11.4 Å². The summed E-state index contributed by atoms with van der Waals surface area (Å²) in [6, 6.07) is 17.7. The Labute approximate surface area is 172 Å². The summed E-state index contributed by atoms with van der Waals surface area (Å²) in [7, 11) is 0. The van der Waals surface area contributed by atoms with Gasteiger partial charge in [-0.15, -0.1) is 0 Å². The highest BCUT2D eigenvalue weighted by molar-refractivity contribution is 6.30. The van der Waals surface area contributed by atoms with Gasteiger partial charge in [0.05, 0.1) is 0 Å². The molecule has 4 rings (SSSR count). The quantitative estimate of drug-likeness (QED) is 0.639. The van der Waals surface area contributed by atoms with Gasteiger partial charge in [0.25, 0.3) is 5.91 Å². The number of nitrogens with one attached hydrogen (secondary N) is 1. The molecule has 5 nitrogen and oxygen atoms in total. The minimum atomic E-state index is -1.08. The van der Waals surface area contributed by atoms with Crippen LogP contribution in [-0.4, -0.2) is 17.0 Å². The summed E-state index contributed by atoms with van der Waals surface area (Å²) >= 11 is 6.05. The number of carbonyl (C=O) groups is 2. The van der Waals surface area contributed by atoms with Gasteiger partial charge in [0.1, 0.15) is 12.4 Å². The normalized spacial score (nSPS) is 15.0. The predicted molar refractivity (Wildman–Crippen MR) is 110 cm³/mol. The zero-order chi connectivity index (χ0) is 20.5. The summed E-state index contributed by atoms with van der Waals surface area (Å²) in [5.41, 5.74) is 5.02. The first-order valence-corrected chi connectivity index (χ1v) is 9.46. The first-order chi connectivity index (χ1) is 13.9. The third-order valence-electron chi connectivity index (χ3n) is 4.93. The van der Waals surface area contributed by atoms with Crippen LogP contribution < -0.4 is 10.1 Å². The average molecular weight is 408 g/mol. The molecule has 3 aromatic carbocycles. The van der Waals surface area contributed by atoms with E-state index in [-0.39, 0.29) is 0 Å². The Morgan fingerprint density at radius 1 is 1.10 bits per heavy atom. The summed E-state index contributed by atoms with van der Waals surface area (Å²) in [4.78, 5) is 23.3. The maximum atomic E-state index is 12.0. The molecule has 1 atom stereocenters. The number of rotatable bonds is 5. The molecule has 0 aliphatic carbocycles. The van der Waals surface area contributed by atoms with Gasteiger partial charge in [0.15, 0.2) is 6.04 Å². The van der Waals surface area contributed by atoms with Crippen molar-refractivity contribution in [2.45, 2.75) is 19.6 Å². The van der Waals surface area contributed by atoms with E-state index in [4.69, 9.17) is 16.3 Å². The van der Waals surface area contributed by atoms with Crippen molar-refractivity contribution in [1.82, 2.24) is 5.32 Å². The van der Waals surface area contributed by atoms with Crippen LogP contribution in [0.1, 0.15) is 33.1 Å². The second-order valence-corrected chi connectivity index (χ2v) is 7.38. The van der Waals surface area contributed by atoms with E-state index in [1.54, 1.807) is 18.2 Å². The van der Waals surface area contributed by atoms with Gasteiger partial charge >= 0.3 is 5.97 Å². The third kappa shape index (κ3) is 3.82. The molecule has 0 radical (unpaired) electrons. The van der Waals surface area contributed by atoms with Crippen molar-refractivity contribution in [1.29, 1.82) is 0 Å². The van der Waals surface area contributed by atoms with Gasteiger partial charge in [0, 0.05) is 10.6 Å². The zero-order valence-electron chi connectivity index (χ0n) is 15.6. The minimum absolute atomic E-state index is 0.323. The van der Waals surface area contributed by atoms with Gasteiger partial charge in [-0.1, -0.05) is 41.9 Å². The Morgan fingerprint density at radius 2 is 1.93 bits per heavy atom. The summed E-state index contributed by atoms with van der Waals surface area (Å²) < 4.78 is 5.85. The van der Waals surface area contributed by atoms with Crippen molar-refractivity contribution in [2.24, 2.45) is 0 Å². The number of carbonyl (C=O) groups excluding carboxylic acids is 1. The highest BCUT2D eigenvalue weighted by Gasteiger charge is 2.33. The van der Waals surface area contributed by atoms with Crippen molar-refractivity contribution >= 4 is 23.5 Å². The SMILES string of the molecule is Cc1cc(Cl)ccc1-c1cccc(COc2ccc3c(c2)C(=O)NC3C(=O)O)c1. The number of hydrogen-bond donors (Lipinski definition) is 2. The maximum absolute atomic E-state index is 12.0. The van der Waals surface area contributed by atoms with Gasteiger partial charge in [-0.2, -0.15) is 0 Å². The lowest BCUT2D eigenvalue weighted by Gasteiger charge is -2.11. The monoisotopic (exact) mass is 407 g/mol. The maximum Gasteiger partial charge on any atom is 0.330 e. The first kappa shape index (κ1) is 19.0. The van der Waals surface area contributed by atoms with E-state index in [0.29, 0.717) is 28.5 Å². The van der Waals surface area contributed by atoms with Crippen molar-refractivity contribution < 1.29 is 19.4 Å². The molecule has 1 heterocycles.